The van der Waals surface area contributed by atoms with E-state index < -0.39 is 0 Å². The largest absolute Gasteiger partial charge is 0.360 e. The molecule has 3 nitrogen and oxygen atoms in total. The van der Waals surface area contributed by atoms with E-state index in [2.05, 4.69) is 11.7 Å². The van der Waals surface area contributed by atoms with Gasteiger partial charge < -0.3 is 4.52 Å². The van der Waals surface area contributed by atoms with E-state index in [1.165, 1.54) is 0 Å². The zero-order chi connectivity index (χ0) is 11.4. The highest BCUT2D eigenvalue weighted by molar-refractivity contribution is 5.96. The highest BCUT2D eigenvalue weighted by Gasteiger charge is 2.31. The van der Waals surface area contributed by atoms with Crippen molar-refractivity contribution in [3.05, 3.63) is 30.2 Å². The minimum Gasteiger partial charge on any atom is -0.360 e. The molecule has 1 fully saturated rings. The predicted octanol–water partition coefficient (Wildman–Crippen LogP) is 3.48. The third-order valence-corrected chi connectivity index (χ3v) is 2.91. The summed E-state index contributed by atoms with van der Waals surface area (Å²) in [4.78, 5) is 11.9. The molecule has 3 heteroatoms. The average molecular weight is 219 g/mol. The molecule has 86 valence electrons. The van der Waals surface area contributed by atoms with E-state index in [4.69, 9.17) is 4.52 Å². The molecule has 1 aromatic rings. The molecule has 0 aromatic carbocycles. The Morgan fingerprint density at radius 3 is 3.06 bits per heavy atom. The Labute approximate surface area is 95.5 Å². The molecule has 0 amide bonds. The highest BCUT2D eigenvalue weighted by atomic mass is 16.5. The summed E-state index contributed by atoms with van der Waals surface area (Å²) in [6, 6.07) is 0. The Bertz CT molecular complexity index is 377. The Kier molecular flexibility index (Phi) is 3.54. The van der Waals surface area contributed by atoms with Crippen LogP contribution in [0.4, 0.5) is 0 Å². The fourth-order valence-corrected chi connectivity index (χ4v) is 1.81. The number of allylic oxidation sites excluding steroid dienone is 1. The number of aromatic nitrogens is 1. The summed E-state index contributed by atoms with van der Waals surface area (Å²) in [7, 11) is 0. The summed E-state index contributed by atoms with van der Waals surface area (Å²) in [6.45, 7) is 3.66. The Morgan fingerprint density at radius 1 is 1.56 bits per heavy atom. The molecule has 2 rings (SSSR count). The van der Waals surface area contributed by atoms with Gasteiger partial charge >= 0.3 is 0 Å². The second kappa shape index (κ2) is 5.10. The van der Waals surface area contributed by atoms with Crippen LogP contribution in [0.1, 0.15) is 60.6 Å². The molecule has 0 unspecified atom stereocenters. The normalized spacial score (nSPS) is 15.0. The summed E-state index contributed by atoms with van der Waals surface area (Å²) in [5.74, 6) is 1.44. The van der Waals surface area contributed by atoms with Crippen LogP contribution in [0.15, 0.2) is 23.4 Å². The van der Waals surface area contributed by atoms with Crippen LogP contribution in [0.3, 0.4) is 0 Å². The average Bonchev–Trinajstić information content (AvgIpc) is 3.02. The van der Waals surface area contributed by atoms with Gasteiger partial charge in [-0.2, -0.15) is 0 Å². The lowest BCUT2D eigenvalue weighted by Gasteiger charge is -1.99. The lowest BCUT2D eigenvalue weighted by molar-refractivity contribution is 0.0977. The molecule has 1 heterocycles. The first-order valence-electron chi connectivity index (χ1n) is 5.91. The maximum Gasteiger partial charge on any atom is 0.168 e. The molecule has 0 saturated heterocycles. The van der Waals surface area contributed by atoms with Crippen molar-refractivity contribution in [3.8, 4) is 0 Å². The van der Waals surface area contributed by atoms with Gasteiger partial charge in [0.05, 0.1) is 11.8 Å². The van der Waals surface area contributed by atoms with Crippen LogP contribution in [0.5, 0.6) is 0 Å². The van der Waals surface area contributed by atoms with Crippen molar-refractivity contribution < 1.29 is 9.32 Å². The van der Waals surface area contributed by atoms with Gasteiger partial charge in [0.2, 0.25) is 0 Å². The van der Waals surface area contributed by atoms with Gasteiger partial charge in [-0.3, -0.25) is 4.79 Å². The number of hydrogen-bond acceptors (Lipinski definition) is 3. The smallest absolute Gasteiger partial charge is 0.168 e. The van der Waals surface area contributed by atoms with E-state index in [-0.39, 0.29) is 5.78 Å². The monoisotopic (exact) mass is 219 g/mol. The first-order chi connectivity index (χ1) is 7.83. The van der Waals surface area contributed by atoms with E-state index >= 15 is 0 Å². The van der Waals surface area contributed by atoms with Gasteiger partial charge in [0.25, 0.3) is 0 Å². The molecular formula is C13H17NO2. The standard InChI is InChI=1S/C13H17NO2/c1-2-3-4-5-6-12(15)11-9-14-16-13(11)10-7-8-10/h2,9-10H,1,3-8H2. The molecule has 0 radical (unpaired) electrons. The zero-order valence-corrected chi connectivity index (χ0v) is 9.45. The Morgan fingerprint density at radius 2 is 2.38 bits per heavy atom. The number of Topliss-reactive ketones (excluding diaryl/α,β-unsaturated/α-hetero) is 1. The van der Waals surface area contributed by atoms with Crippen molar-refractivity contribution in [2.75, 3.05) is 0 Å². The second-order valence-electron chi connectivity index (χ2n) is 4.34. The maximum atomic E-state index is 11.9. The summed E-state index contributed by atoms with van der Waals surface area (Å²) in [5, 5.41) is 3.74. The van der Waals surface area contributed by atoms with E-state index in [1.54, 1.807) is 6.20 Å². The molecule has 16 heavy (non-hydrogen) atoms. The van der Waals surface area contributed by atoms with Gasteiger partial charge in [0.1, 0.15) is 0 Å². The number of unbranched alkanes of at least 4 members (excludes halogenated alkanes) is 2. The molecule has 0 aliphatic heterocycles. The van der Waals surface area contributed by atoms with Gasteiger partial charge in [-0.1, -0.05) is 11.2 Å². The van der Waals surface area contributed by atoms with Crippen LogP contribution in [0.25, 0.3) is 0 Å². The molecule has 0 N–H and O–H groups in total. The van der Waals surface area contributed by atoms with E-state index in [1.807, 2.05) is 6.08 Å². The number of hydrogen-bond donors (Lipinski definition) is 0. The third kappa shape index (κ3) is 2.60. The summed E-state index contributed by atoms with van der Waals surface area (Å²) in [6.07, 6.45) is 9.24. The van der Waals surface area contributed by atoms with Crippen LogP contribution in [-0.4, -0.2) is 10.9 Å². The summed E-state index contributed by atoms with van der Waals surface area (Å²) in [5.41, 5.74) is 0.709. The van der Waals surface area contributed by atoms with Gasteiger partial charge in [-0.15, -0.1) is 6.58 Å². The van der Waals surface area contributed by atoms with Crippen molar-refractivity contribution in [1.82, 2.24) is 5.16 Å². The van der Waals surface area contributed by atoms with E-state index in [9.17, 15) is 4.79 Å². The minimum atomic E-state index is 0.173. The zero-order valence-electron chi connectivity index (χ0n) is 9.45. The van der Waals surface area contributed by atoms with Gasteiger partial charge in [-0.25, -0.2) is 0 Å². The predicted molar refractivity (Wildman–Crippen MR) is 61.5 cm³/mol. The first-order valence-corrected chi connectivity index (χ1v) is 5.91. The molecule has 0 atom stereocenters. The number of nitrogens with zero attached hydrogens (tertiary/aromatic N) is 1. The van der Waals surface area contributed by atoms with Crippen molar-refractivity contribution in [3.63, 3.8) is 0 Å². The number of ketones is 1. The summed E-state index contributed by atoms with van der Waals surface area (Å²) >= 11 is 0. The number of rotatable bonds is 7. The molecule has 1 aliphatic carbocycles. The van der Waals surface area contributed by atoms with Crippen LogP contribution < -0.4 is 0 Å². The minimum absolute atomic E-state index is 0.173. The number of carbonyl (C=O) groups is 1. The van der Waals surface area contributed by atoms with Crippen LogP contribution in [0, 0.1) is 0 Å². The molecule has 1 aliphatic rings. The lowest BCUT2D eigenvalue weighted by Crippen LogP contribution is -2.00. The van der Waals surface area contributed by atoms with Gasteiger partial charge in [-0.05, 0) is 32.1 Å². The van der Waals surface area contributed by atoms with Crippen LogP contribution in [-0.2, 0) is 0 Å². The van der Waals surface area contributed by atoms with Crippen molar-refractivity contribution in [1.29, 1.82) is 0 Å². The first kappa shape index (κ1) is 11.1. The molecule has 0 bridgehead atoms. The fourth-order valence-electron chi connectivity index (χ4n) is 1.81. The lowest BCUT2D eigenvalue weighted by atomic mass is 10.0. The Hall–Kier alpha value is -1.38. The van der Waals surface area contributed by atoms with Gasteiger partial charge in [0.15, 0.2) is 11.5 Å². The van der Waals surface area contributed by atoms with E-state index in [0.717, 1.165) is 37.9 Å². The highest BCUT2D eigenvalue weighted by Crippen LogP contribution is 2.41. The van der Waals surface area contributed by atoms with Crippen molar-refractivity contribution in [2.24, 2.45) is 0 Å². The number of carbonyl (C=O) groups excluding carboxylic acids is 1. The molecule has 1 saturated carbocycles. The van der Waals surface area contributed by atoms with Crippen molar-refractivity contribution >= 4 is 5.78 Å². The third-order valence-electron chi connectivity index (χ3n) is 2.91. The molecular weight excluding hydrogens is 202 g/mol. The van der Waals surface area contributed by atoms with Crippen LogP contribution >= 0.6 is 0 Å². The van der Waals surface area contributed by atoms with E-state index in [0.29, 0.717) is 17.9 Å². The van der Waals surface area contributed by atoms with Crippen LogP contribution in [0.2, 0.25) is 0 Å². The Balaban J connectivity index is 1.87. The second-order valence-corrected chi connectivity index (χ2v) is 4.34. The van der Waals surface area contributed by atoms with Crippen molar-refractivity contribution in [2.45, 2.75) is 44.4 Å². The quantitative estimate of drug-likeness (QED) is 0.400. The molecule has 0 spiro atoms. The fraction of sp³-hybridized carbons (Fsp3) is 0.538. The SMILES string of the molecule is C=CCCCCC(=O)c1cnoc1C1CC1. The summed E-state index contributed by atoms with van der Waals surface area (Å²) < 4.78 is 5.15. The molecule has 1 aromatic heterocycles. The van der Waals surface area contributed by atoms with Gasteiger partial charge in [0, 0.05) is 12.3 Å². The topological polar surface area (TPSA) is 43.1 Å². The maximum absolute atomic E-state index is 11.9.